The highest BCUT2D eigenvalue weighted by molar-refractivity contribution is 6.31. The Hall–Kier alpha value is -2.99. The van der Waals surface area contributed by atoms with Crippen LogP contribution in [0.1, 0.15) is 24.5 Å². The van der Waals surface area contributed by atoms with Gasteiger partial charge >= 0.3 is 0 Å². The molecule has 7 heteroatoms. The van der Waals surface area contributed by atoms with E-state index in [1.165, 1.54) is 6.33 Å². The molecule has 0 bridgehead atoms. The number of nitrogens with one attached hydrogen (secondary N) is 2. The van der Waals surface area contributed by atoms with Crippen LogP contribution in [0.3, 0.4) is 0 Å². The first-order valence-electron chi connectivity index (χ1n) is 8.70. The number of fused-ring (bicyclic) bond motifs is 1. The van der Waals surface area contributed by atoms with Crippen molar-refractivity contribution in [3.05, 3.63) is 64.9 Å². The first-order chi connectivity index (χ1) is 13.1. The van der Waals surface area contributed by atoms with Gasteiger partial charge in [0.2, 0.25) is 5.91 Å². The van der Waals surface area contributed by atoms with Gasteiger partial charge in [-0.25, -0.2) is 15.4 Å². The molecule has 2 aromatic carbocycles. The molecular weight excluding hydrogens is 362 g/mol. The van der Waals surface area contributed by atoms with Gasteiger partial charge in [-0.15, -0.1) is 0 Å². The van der Waals surface area contributed by atoms with E-state index >= 15 is 0 Å². The molecule has 0 radical (unpaired) electrons. The van der Waals surface area contributed by atoms with Crippen molar-refractivity contribution in [1.82, 2.24) is 15.4 Å². The van der Waals surface area contributed by atoms with Crippen molar-refractivity contribution in [3.63, 3.8) is 0 Å². The number of nitrogens with zero attached hydrogens (tertiary/aromatic N) is 3. The Bertz CT molecular complexity index is 1050. The number of benzene rings is 2. The number of carbonyl (C=O) groups is 1. The van der Waals surface area contributed by atoms with Crippen LogP contribution in [0.15, 0.2) is 53.9 Å². The van der Waals surface area contributed by atoms with Crippen LogP contribution in [0.2, 0.25) is 5.02 Å². The van der Waals surface area contributed by atoms with Crippen LogP contribution in [-0.2, 0) is 11.3 Å². The minimum atomic E-state index is -0.0552. The predicted octanol–water partition coefficient (Wildman–Crippen LogP) is 3.76. The Morgan fingerprint density at radius 2 is 2.07 bits per heavy atom. The van der Waals surface area contributed by atoms with Crippen molar-refractivity contribution in [2.24, 2.45) is 11.0 Å². The predicted molar refractivity (Wildman–Crippen MR) is 107 cm³/mol. The molecule has 1 atom stereocenters. The van der Waals surface area contributed by atoms with Crippen LogP contribution in [-0.4, -0.2) is 21.6 Å². The first-order valence-corrected chi connectivity index (χ1v) is 9.08. The van der Waals surface area contributed by atoms with Crippen LogP contribution in [0.25, 0.3) is 10.9 Å². The van der Waals surface area contributed by atoms with Crippen molar-refractivity contribution >= 4 is 39.9 Å². The van der Waals surface area contributed by atoms with Crippen molar-refractivity contribution < 1.29 is 4.79 Å². The minimum absolute atomic E-state index is 0.0552. The smallest absolute Gasteiger partial charge is 0.240 e. The van der Waals surface area contributed by atoms with Crippen LogP contribution < -0.4 is 10.7 Å². The van der Waals surface area contributed by atoms with Crippen molar-refractivity contribution in [2.75, 3.05) is 5.32 Å². The molecule has 4 rings (SSSR count). The SMILES string of the molecule is CC1CC(=O)NN=C1c1ccc2c(NCc3ccccc3Cl)ncnc2c1. The van der Waals surface area contributed by atoms with Gasteiger partial charge in [-0.3, -0.25) is 4.79 Å². The van der Waals surface area contributed by atoms with Crippen molar-refractivity contribution in [2.45, 2.75) is 19.9 Å². The summed E-state index contributed by atoms with van der Waals surface area (Å²) in [7, 11) is 0. The molecule has 0 fully saturated rings. The molecule has 1 aliphatic rings. The van der Waals surface area contributed by atoms with Crippen molar-refractivity contribution in [3.8, 4) is 0 Å². The standard InChI is InChI=1S/C20H18ClN5O/c1-12-8-18(27)25-26-19(12)13-6-7-15-17(9-13)23-11-24-20(15)22-10-14-4-2-3-5-16(14)21/h2-7,9,11-12H,8,10H2,1H3,(H,25,27)(H,22,23,24). The van der Waals surface area contributed by atoms with E-state index in [0.29, 0.717) is 13.0 Å². The van der Waals surface area contributed by atoms with Crippen LogP contribution in [0, 0.1) is 5.92 Å². The van der Waals surface area contributed by atoms with E-state index in [-0.39, 0.29) is 11.8 Å². The molecule has 0 aliphatic carbocycles. The highest BCUT2D eigenvalue weighted by atomic mass is 35.5. The number of amides is 1. The summed E-state index contributed by atoms with van der Waals surface area (Å²) in [5.74, 6) is 0.759. The van der Waals surface area contributed by atoms with Gasteiger partial charge in [-0.2, -0.15) is 5.10 Å². The molecule has 3 aromatic rings. The highest BCUT2D eigenvalue weighted by Crippen LogP contribution is 2.25. The van der Waals surface area contributed by atoms with E-state index in [1.54, 1.807) is 0 Å². The summed E-state index contributed by atoms with van der Waals surface area (Å²) in [4.78, 5) is 20.2. The summed E-state index contributed by atoms with van der Waals surface area (Å²) >= 11 is 6.22. The molecule has 2 N–H and O–H groups in total. The number of aromatic nitrogens is 2. The Balaban J connectivity index is 1.63. The van der Waals surface area contributed by atoms with Gasteiger partial charge in [0.15, 0.2) is 0 Å². The molecular formula is C20H18ClN5O. The van der Waals surface area contributed by atoms with E-state index in [2.05, 4.69) is 25.8 Å². The van der Waals surface area contributed by atoms with Crippen LogP contribution in [0.5, 0.6) is 0 Å². The summed E-state index contributed by atoms with van der Waals surface area (Å²) < 4.78 is 0. The van der Waals surface area contributed by atoms with E-state index in [0.717, 1.165) is 38.6 Å². The topological polar surface area (TPSA) is 79.3 Å². The maximum atomic E-state index is 11.5. The molecule has 2 heterocycles. The normalized spacial score (nSPS) is 16.7. The quantitative estimate of drug-likeness (QED) is 0.723. The number of hydrazone groups is 1. The number of hydrogen-bond acceptors (Lipinski definition) is 5. The maximum absolute atomic E-state index is 11.5. The van der Waals surface area contributed by atoms with E-state index in [1.807, 2.05) is 49.4 Å². The zero-order valence-electron chi connectivity index (χ0n) is 14.7. The third kappa shape index (κ3) is 3.61. The third-order valence-corrected chi connectivity index (χ3v) is 4.96. The monoisotopic (exact) mass is 379 g/mol. The van der Waals surface area contributed by atoms with Gasteiger partial charge in [0, 0.05) is 34.9 Å². The molecule has 136 valence electrons. The van der Waals surface area contributed by atoms with Gasteiger partial charge in [-0.1, -0.05) is 42.8 Å². The van der Waals surface area contributed by atoms with Gasteiger partial charge in [0.25, 0.3) is 0 Å². The second-order valence-electron chi connectivity index (χ2n) is 6.54. The van der Waals surface area contributed by atoms with Crippen LogP contribution >= 0.6 is 11.6 Å². The summed E-state index contributed by atoms with van der Waals surface area (Å²) in [5.41, 5.74) is 6.19. The second kappa shape index (κ2) is 7.32. The summed E-state index contributed by atoms with van der Waals surface area (Å²) in [5, 5.41) is 9.19. The summed E-state index contributed by atoms with van der Waals surface area (Å²) in [6, 6.07) is 13.7. The average Bonchev–Trinajstić information content (AvgIpc) is 2.67. The zero-order valence-corrected chi connectivity index (χ0v) is 15.5. The number of hydrogen-bond donors (Lipinski definition) is 2. The molecule has 1 aromatic heterocycles. The maximum Gasteiger partial charge on any atom is 0.240 e. The van der Waals surface area contributed by atoms with Gasteiger partial charge in [0.1, 0.15) is 12.1 Å². The highest BCUT2D eigenvalue weighted by Gasteiger charge is 2.22. The molecule has 0 saturated heterocycles. The molecule has 0 saturated carbocycles. The van der Waals surface area contributed by atoms with Gasteiger partial charge in [0.05, 0.1) is 11.2 Å². The Morgan fingerprint density at radius 1 is 1.22 bits per heavy atom. The molecule has 1 amide bonds. The fraction of sp³-hybridized carbons (Fsp3) is 0.200. The van der Waals surface area contributed by atoms with Crippen molar-refractivity contribution in [1.29, 1.82) is 0 Å². The number of rotatable bonds is 4. The molecule has 1 unspecified atom stereocenters. The van der Waals surface area contributed by atoms with Crippen LogP contribution in [0.4, 0.5) is 5.82 Å². The number of carbonyl (C=O) groups excluding carboxylic acids is 1. The minimum Gasteiger partial charge on any atom is -0.365 e. The Labute approximate surface area is 161 Å². The molecule has 0 spiro atoms. The second-order valence-corrected chi connectivity index (χ2v) is 6.94. The lowest BCUT2D eigenvalue weighted by atomic mass is 9.93. The van der Waals surface area contributed by atoms with Gasteiger partial charge in [-0.05, 0) is 23.8 Å². The number of halogens is 1. The summed E-state index contributed by atoms with van der Waals surface area (Å²) in [6.07, 6.45) is 1.97. The fourth-order valence-corrected chi connectivity index (χ4v) is 3.38. The largest absolute Gasteiger partial charge is 0.365 e. The lowest BCUT2D eigenvalue weighted by Gasteiger charge is -2.19. The van der Waals surface area contributed by atoms with Gasteiger partial charge < -0.3 is 5.32 Å². The van der Waals surface area contributed by atoms with E-state index in [9.17, 15) is 4.79 Å². The first kappa shape index (κ1) is 17.4. The van der Waals surface area contributed by atoms with E-state index in [4.69, 9.17) is 11.6 Å². The van der Waals surface area contributed by atoms with E-state index < -0.39 is 0 Å². The third-order valence-electron chi connectivity index (χ3n) is 4.60. The molecule has 1 aliphatic heterocycles. The Morgan fingerprint density at radius 3 is 2.89 bits per heavy atom. The molecule has 6 nitrogen and oxygen atoms in total. The Kier molecular flexibility index (Phi) is 4.73. The number of anilines is 1. The zero-order chi connectivity index (χ0) is 18.8. The summed E-state index contributed by atoms with van der Waals surface area (Å²) in [6.45, 7) is 2.57. The lowest BCUT2D eigenvalue weighted by molar-refractivity contribution is -0.121. The average molecular weight is 380 g/mol. The fourth-order valence-electron chi connectivity index (χ4n) is 3.18. The lowest BCUT2D eigenvalue weighted by Crippen LogP contribution is -2.31. The molecule has 27 heavy (non-hydrogen) atoms.